The molecule has 0 saturated carbocycles. The fraction of sp³-hybridized carbons (Fsp3) is 0.417. The van der Waals surface area contributed by atoms with Crippen LogP contribution in [-0.4, -0.2) is 57.1 Å². The largest absolute Gasteiger partial charge is 0.308 e. The van der Waals surface area contributed by atoms with Gasteiger partial charge in [0.15, 0.2) is 15.0 Å². The van der Waals surface area contributed by atoms with Gasteiger partial charge >= 0.3 is 0 Å². The minimum absolute atomic E-state index is 0.0541. The number of thiazole rings is 1. The van der Waals surface area contributed by atoms with E-state index >= 15 is 0 Å². The number of carbonyl (C=O) groups excluding carboxylic acids is 1. The second-order valence-corrected chi connectivity index (χ2v) is 11.6. The summed E-state index contributed by atoms with van der Waals surface area (Å²) in [6.45, 7) is 7.20. The van der Waals surface area contributed by atoms with Crippen LogP contribution in [0.25, 0.3) is 10.2 Å². The molecule has 1 heterocycles. The summed E-state index contributed by atoms with van der Waals surface area (Å²) in [6, 6.07) is 11.0. The van der Waals surface area contributed by atoms with Crippen LogP contribution in [0.5, 0.6) is 0 Å². The Labute approximate surface area is 194 Å². The molecule has 0 aliphatic carbocycles. The lowest BCUT2D eigenvalue weighted by Gasteiger charge is -2.22. The van der Waals surface area contributed by atoms with Gasteiger partial charge in [0.05, 0.1) is 20.9 Å². The average molecular weight is 474 g/mol. The zero-order valence-corrected chi connectivity index (χ0v) is 21.0. The van der Waals surface area contributed by atoms with E-state index < -0.39 is 9.84 Å². The van der Waals surface area contributed by atoms with Gasteiger partial charge in [0, 0.05) is 19.5 Å². The number of nitrogens with zero attached hydrogens (tertiary/aromatic N) is 3. The van der Waals surface area contributed by atoms with Crippen LogP contribution in [0.3, 0.4) is 0 Å². The molecule has 0 atom stereocenters. The highest BCUT2D eigenvalue weighted by Crippen LogP contribution is 2.32. The number of likely N-dealkylation sites (N-methyl/N-ethyl adjacent to an activating group) is 1. The first-order valence-electron chi connectivity index (χ1n) is 10.7. The molecule has 3 aromatic rings. The Hall–Kier alpha value is -2.29. The highest BCUT2D eigenvalue weighted by atomic mass is 32.2. The van der Waals surface area contributed by atoms with E-state index in [2.05, 4.69) is 19.1 Å². The lowest BCUT2D eigenvalue weighted by Crippen LogP contribution is -2.36. The lowest BCUT2D eigenvalue weighted by molar-refractivity contribution is -0.118. The van der Waals surface area contributed by atoms with Gasteiger partial charge in [-0.25, -0.2) is 13.4 Å². The molecule has 0 aliphatic heterocycles. The van der Waals surface area contributed by atoms with Crippen LogP contribution in [0, 0.1) is 20.8 Å². The minimum atomic E-state index is -3.41. The molecule has 0 spiro atoms. The van der Waals surface area contributed by atoms with Crippen LogP contribution < -0.4 is 4.90 Å². The van der Waals surface area contributed by atoms with Crippen molar-refractivity contribution >= 4 is 42.4 Å². The van der Waals surface area contributed by atoms with Crippen molar-refractivity contribution < 1.29 is 13.2 Å². The number of carbonyl (C=O) groups is 1. The number of hydrogen-bond donors (Lipinski definition) is 0. The predicted molar refractivity (Wildman–Crippen MR) is 132 cm³/mol. The molecule has 0 saturated heterocycles. The third kappa shape index (κ3) is 5.94. The fourth-order valence-electron chi connectivity index (χ4n) is 3.51. The fourth-order valence-corrected chi connectivity index (χ4v) is 6.01. The topological polar surface area (TPSA) is 70.6 Å². The molecule has 6 nitrogen and oxygen atoms in total. The van der Waals surface area contributed by atoms with Gasteiger partial charge in [0.1, 0.15) is 0 Å². The van der Waals surface area contributed by atoms with Crippen molar-refractivity contribution in [3.05, 3.63) is 53.1 Å². The van der Waals surface area contributed by atoms with Crippen LogP contribution in [0.15, 0.2) is 41.3 Å². The van der Waals surface area contributed by atoms with Crippen molar-refractivity contribution in [2.75, 3.05) is 37.8 Å². The summed E-state index contributed by atoms with van der Waals surface area (Å²) in [7, 11) is 0.510. The van der Waals surface area contributed by atoms with Gasteiger partial charge in [-0.05, 0) is 70.6 Å². The number of aryl methyl sites for hydroxylation is 3. The van der Waals surface area contributed by atoms with Gasteiger partial charge in [-0.15, -0.1) is 0 Å². The van der Waals surface area contributed by atoms with E-state index in [1.165, 1.54) is 11.3 Å². The lowest BCUT2D eigenvalue weighted by atomic mass is 10.1. The quantitative estimate of drug-likeness (QED) is 0.462. The smallest absolute Gasteiger partial charge is 0.228 e. The van der Waals surface area contributed by atoms with Crippen LogP contribution >= 0.6 is 11.3 Å². The first kappa shape index (κ1) is 24.4. The van der Waals surface area contributed by atoms with Crippen LogP contribution in [0.1, 0.15) is 29.5 Å². The van der Waals surface area contributed by atoms with Gasteiger partial charge in [0.2, 0.25) is 5.91 Å². The van der Waals surface area contributed by atoms with Crippen molar-refractivity contribution in [1.29, 1.82) is 0 Å². The van der Waals surface area contributed by atoms with Crippen LogP contribution in [0.4, 0.5) is 5.13 Å². The maximum absolute atomic E-state index is 13.1. The Morgan fingerprint density at radius 3 is 2.34 bits per heavy atom. The molecule has 8 heteroatoms. The van der Waals surface area contributed by atoms with Gasteiger partial charge < -0.3 is 4.90 Å². The van der Waals surface area contributed by atoms with Crippen LogP contribution in [-0.2, 0) is 14.6 Å². The maximum atomic E-state index is 13.1. The second kappa shape index (κ2) is 10.1. The van der Waals surface area contributed by atoms with Crippen molar-refractivity contribution in [2.24, 2.45) is 0 Å². The van der Waals surface area contributed by atoms with E-state index in [9.17, 15) is 13.2 Å². The van der Waals surface area contributed by atoms with Crippen molar-refractivity contribution in [3.63, 3.8) is 0 Å². The minimum Gasteiger partial charge on any atom is -0.308 e. The number of fused-ring (bicyclic) bond motifs is 1. The average Bonchev–Trinajstić information content (AvgIpc) is 3.12. The standard InChI is InChI=1S/C24H31N3O3S2/c1-17-8-10-20(11-9-17)32(29,30)14-6-7-22(28)27(13-12-26(4)5)24-25-23-19(3)15-18(2)16-21(23)31-24/h8-11,15-16H,6-7,12-14H2,1-5H3. The van der Waals surface area contributed by atoms with Crippen LogP contribution in [0.2, 0.25) is 0 Å². The predicted octanol–water partition coefficient (Wildman–Crippen LogP) is 4.37. The Morgan fingerprint density at radius 2 is 1.69 bits per heavy atom. The molecule has 0 fully saturated rings. The zero-order chi connectivity index (χ0) is 23.5. The first-order valence-corrected chi connectivity index (χ1v) is 13.2. The molecule has 3 rings (SSSR count). The first-order chi connectivity index (χ1) is 15.1. The molecule has 0 unspecified atom stereocenters. The summed E-state index contributed by atoms with van der Waals surface area (Å²) in [5.74, 6) is -0.152. The SMILES string of the molecule is Cc1ccc(S(=O)(=O)CCCC(=O)N(CCN(C)C)c2nc3c(C)cc(C)cc3s2)cc1. The molecule has 172 valence electrons. The number of sulfone groups is 1. The normalized spacial score (nSPS) is 11.9. The Balaban J connectivity index is 1.75. The van der Waals surface area contributed by atoms with Crippen molar-refractivity contribution in [1.82, 2.24) is 9.88 Å². The maximum Gasteiger partial charge on any atom is 0.228 e. The molecule has 1 amide bonds. The zero-order valence-electron chi connectivity index (χ0n) is 19.4. The molecule has 2 aromatic carbocycles. The van der Waals surface area contributed by atoms with Crippen molar-refractivity contribution in [2.45, 2.75) is 38.5 Å². The van der Waals surface area contributed by atoms with E-state index in [-0.39, 0.29) is 24.5 Å². The second-order valence-electron chi connectivity index (χ2n) is 8.51. The van der Waals surface area contributed by atoms with Gasteiger partial charge in [-0.3, -0.25) is 9.69 Å². The number of aromatic nitrogens is 1. The van der Waals surface area contributed by atoms with Gasteiger partial charge in [-0.1, -0.05) is 35.1 Å². The molecule has 0 bridgehead atoms. The third-order valence-electron chi connectivity index (χ3n) is 5.31. The number of anilines is 1. The molecule has 32 heavy (non-hydrogen) atoms. The number of benzene rings is 2. The monoisotopic (exact) mass is 473 g/mol. The summed E-state index contributed by atoms with van der Waals surface area (Å²) in [5.41, 5.74) is 4.18. The Morgan fingerprint density at radius 1 is 1.00 bits per heavy atom. The van der Waals surface area contributed by atoms with E-state index in [1.807, 2.05) is 32.8 Å². The summed E-state index contributed by atoms with van der Waals surface area (Å²) >= 11 is 1.51. The van der Waals surface area contributed by atoms with Crippen molar-refractivity contribution in [3.8, 4) is 0 Å². The molecular formula is C24H31N3O3S2. The summed E-state index contributed by atoms with van der Waals surface area (Å²) in [5, 5.41) is 0.668. The third-order valence-corrected chi connectivity index (χ3v) is 8.15. The summed E-state index contributed by atoms with van der Waals surface area (Å²) < 4.78 is 26.3. The summed E-state index contributed by atoms with van der Waals surface area (Å²) in [6.07, 6.45) is 0.434. The number of hydrogen-bond acceptors (Lipinski definition) is 6. The molecule has 1 aromatic heterocycles. The van der Waals surface area contributed by atoms with Gasteiger partial charge in [-0.2, -0.15) is 0 Å². The van der Waals surface area contributed by atoms with Gasteiger partial charge in [0.25, 0.3) is 0 Å². The van der Waals surface area contributed by atoms with E-state index in [0.717, 1.165) is 26.9 Å². The molecule has 0 aliphatic rings. The van der Waals surface area contributed by atoms with E-state index in [4.69, 9.17) is 4.98 Å². The Bertz CT molecular complexity index is 1200. The Kier molecular flexibility index (Phi) is 7.69. The number of amides is 1. The number of rotatable bonds is 9. The summed E-state index contributed by atoms with van der Waals surface area (Å²) in [4.78, 5) is 21.9. The molecule has 0 N–H and O–H groups in total. The van der Waals surface area contributed by atoms with E-state index in [1.54, 1.807) is 29.2 Å². The molecule has 0 radical (unpaired) electrons. The molecular weight excluding hydrogens is 442 g/mol. The highest BCUT2D eigenvalue weighted by Gasteiger charge is 2.22. The van der Waals surface area contributed by atoms with E-state index in [0.29, 0.717) is 23.1 Å². The highest BCUT2D eigenvalue weighted by molar-refractivity contribution is 7.91.